The highest BCUT2D eigenvalue weighted by Gasteiger charge is 2.23. The zero-order valence-electron chi connectivity index (χ0n) is 4.72. The van der Waals surface area contributed by atoms with Gasteiger partial charge in [0, 0.05) is 0 Å². The van der Waals surface area contributed by atoms with Crippen LogP contribution in [0.15, 0.2) is 0 Å². The molecule has 0 aromatic rings. The van der Waals surface area contributed by atoms with E-state index in [4.69, 9.17) is 15.3 Å². The van der Waals surface area contributed by atoms with Gasteiger partial charge in [0.25, 0.3) is 0 Å². The second-order valence-electron chi connectivity index (χ2n) is 1.55. The topological polar surface area (TPSA) is 118 Å². The molecule has 0 spiro atoms. The number of rotatable bonds is 3. The maximum Gasteiger partial charge on any atom is 0.335 e. The van der Waals surface area contributed by atoms with Crippen LogP contribution in [0.2, 0.25) is 0 Å². The van der Waals surface area contributed by atoms with Gasteiger partial charge in [0.1, 0.15) is 6.10 Å². The average molecular weight is 149 g/mol. The van der Waals surface area contributed by atoms with Crippen molar-refractivity contribution in [2.24, 2.45) is 0 Å². The molecule has 10 heavy (non-hydrogen) atoms. The molecular formula is C4H5O6-. The van der Waals surface area contributed by atoms with Gasteiger partial charge in [-0.15, -0.1) is 0 Å². The lowest BCUT2D eigenvalue weighted by Gasteiger charge is -2.13. The predicted molar refractivity (Wildman–Crippen MR) is 24.7 cm³/mol. The molecule has 0 aromatic carbocycles. The largest absolute Gasteiger partial charge is 0.547 e. The number of carbonyl (C=O) groups is 2. The Hall–Kier alpha value is -1.14. The molecule has 0 saturated heterocycles. The normalized spacial score (nSPS) is 15.8. The van der Waals surface area contributed by atoms with Crippen LogP contribution < -0.4 is 5.11 Å². The monoisotopic (exact) mass is 149 g/mol. The van der Waals surface area contributed by atoms with E-state index in [0.29, 0.717) is 0 Å². The molecule has 0 unspecified atom stereocenters. The second kappa shape index (κ2) is 3.14. The Labute approximate surface area is 55.3 Å². The summed E-state index contributed by atoms with van der Waals surface area (Å²) < 4.78 is 0. The van der Waals surface area contributed by atoms with Crippen molar-refractivity contribution in [1.82, 2.24) is 0 Å². The number of hydrogen-bond donors (Lipinski definition) is 3. The summed E-state index contributed by atoms with van der Waals surface area (Å²) in [6, 6.07) is 0. The van der Waals surface area contributed by atoms with E-state index in [1.807, 2.05) is 0 Å². The second-order valence-corrected chi connectivity index (χ2v) is 1.55. The van der Waals surface area contributed by atoms with Crippen LogP contribution in [0.5, 0.6) is 0 Å². The van der Waals surface area contributed by atoms with Crippen LogP contribution >= 0.6 is 0 Å². The van der Waals surface area contributed by atoms with Crippen LogP contribution in [0.25, 0.3) is 0 Å². The Bertz CT molecular complexity index is 134. The van der Waals surface area contributed by atoms with Gasteiger partial charge in [-0.3, -0.25) is 0 Å². The Morgan fingerprint density at radius 1 is 1.20 bits per heavy atom. The third kappa shape index (κ3) is 2.00. The van der Waals surface area contributed by atoms with E-state index >= 15 is 0 Å². The molecule has 0 fully saturated rings. The summed E-state index contributed by atoms with van der Waals surface area (Å²) in [6.45, 7) is 0. The van der Waals surface area contributed by atoms with E-state index in [2.05, 4.69) is 0 Å². The molecule has 0 bridgehead atoms. The third-order valence-corrected chi connectivity index (χ3v) is 0.794. The van der Waals surface area contributed by atoms with Gasteiger partial charge in [-0.05, 0) is 0 Å². The van der Waals surface area contributed by atoms with Crippen LogP contribution in [0.3, 0.4) is 0 Å². The first-order chi connectivity index (χ1) is 4.46. The molecule has 0 saturated carbocycles. The molecule has 0 amide bonds. The number of carboxylic acid groups (broad SMARTS) is 2. The summed E-state index contributed by atoms with van der Waals surface area (Å²) in [7, 11) is 0. The molecule has 0 rings (SSSR count). The van der Waals surface area contributed by atoms with E-state index in [1.54, 1.807) is 0 Å². The summed E-state index contributed by atoms with van der Waals surface area (Å²) in [5, 5.41) is 34.1. The van der Waals surface area contributed by atoms with Crippen molar-refractivity contribution in [3.63, 3.8) is 0 Å². The van der Waals surface area contributed by atoms with Crippen LogP contribution in [0, 0.1) is 0 Å². The molecule has 6 nitrogen and oxygen atoms in total. The maximum absolute atomic E-state index is 9.74. The fourth-order valence-corrected chi connectivity index (χ4v) is 0.264. The lowest BCUT2D eigenvalue weighted by molar-refractivity contribution is -0.318. The highest BCUT2D eigenvalue weighted by atomic mass is 16.4. The minimum Gasteiger partial charge on any atom is -0.547 e. The van der Waals surface area contributed by atoms with Crippen LogP contribution in [-0.4, -0.2) is 39.5 Å². The van der Waals surface area contributed by atoms with Gasteiger partial charge in [-0.2, -0.15) is 0 Å². The summed E-state index contributed by atoms with van der Waals surface area (Å²) in [6.07, 6.45) is -4.71. The molecule has 0 radical (unpaired) electrons. The number of aliphatic hydroxyl groups is 2. The summed E-state index contributed by atoms with van der Waals surface area (Å²) in [5.74, 6) is -3.83. The first-order valence-corrected chi connectivity index (χ1v) is 2.26. The molecule has 0 heterocycles. The highest BCUT2D eigenvalue weighted by Crippen LogP contribution is 1.90. The van der Waals surface area contributed by atoms with Gasteiger partial charge < -0.3 is 25.2 Å². The van der Waals surface area contributed by atoms with Crippen LogP contribution in [-0.2, 0) is 9.59 Å². The smallest absolute Gasteiger partial charge is 0.335 e. The lowest BCUT2D eigenvalue weighted by Crippen LogP contribution is -2.46. The third-order valence-electron chi connectivity index (χ3n) is 0.794. The highest BCUT2D eigenvalue weighted by molar-refractivity contribution is 5.81. The number of hydrogen-bond acceptors (Lipinski definition) is 5. The molecule has 58 valence electrons. The summed E-state index contributed by atoms with van der Waals surface area (Å²) >= 11 is 0. The van der Waals surface area contributed by atoms with Crippen molar-refractivity contribution in [2.45, 2.75) is 12.2 Å². The van der Waals surface area contributed by atoms with Gasteiger partial charge in [-0.25, -0.2) is 4.79 Å². The molecule has 0 aliphatic rings. The molecule has 2 atom stereocenters. The van der Waals surface area contributed by atoms with Crippen molar-refractivity contribution < 1.29 is 30.0 Å². The fraction of sp³-hybridized carbons (Fsp3) is 0.500. The Morgan fingerprint density at radius 2 is 1.60 bits per heavy atom. The zero-order chi connectivity index (χ0) is 8.31. The van der Waals surface area contributed by atoms with Crippen LogP contribution in [0.4, 0.5) is 0 Å². The molecule has 6 heteroatoms. The molecular weight excluding hydrogens is 144 g/mol. The Morgan fingerprint density at radius 3 is 1.70 bits per heavy atom. The van der Waals surface area contributed by atoms with E-state index in [-0.39, 0.29) is 0 Å². The van der Waals surface area contributed by atoms with Gasteiger partial charge in [-0.1, -0.05) is 0 Å². The summed E-state index contributed by atoms with van der Waals surface area (Å²) in [5.41, 5.74) is 0. The van der Waals surface area contributed by atoms with E-state index in [0.717, 1.165) is 0 Å². The molecule has 0 aliphatic heterocycles. The summed E-state index contributed by atoms with van der Waals surface area (Å²) in [4.78, 5) is 19.4. The van der Waals surface area contributed by atoms with Crippen molar-refractivity contribution in [3.05, 3.63) is 0 Å². The Kier molecular flexibility index (Phi) is 2.78. The first kappa shape index (κ1) is 8.86. The van der Waals surface area contributed by atoms with Crippen LogP contribution in [0.1, 0.15) is 0 Å². The molecule has 0 aromatic heterocycles. The average Bonchev–Trinajstić information content (AvgIpc) is 1.84. The van der Waals surface area contributed by atoms with Gasteiger partial charge in [0.05, 0.1) is 5.97 Å². The van der Waals surface area contributed by atoms with Gasteiger partial charge >= 0.3 is 5.97 Å². The van der Waals surface area contributed by atoms with E-state index in [9.17, 15) is 14.7 Å². The number of aliphatic carboxylic acids is 2. The number of aliphatic hydroxyl groups excluding tert-OH is 2. The van der Waals surface area contributed by atoms with Crippen molar-refractivity contribution in [3.8, 4) is 0 Å². The lowest BCUT2D eigenvalue weighted by atomic mass is 10.2. The fourth-order valence-electron chi connectivity index (χ4n) is 0.264. The number of carboxylic acids is 2. The number of carbonyl (C=O) groups excluding carboxylic acids is 1. The Balaban J connectivity index is 4.07. The molecule has 0 aliphatic carbocycles. The van der Waals surface area contributed by atoms with Crippen molar-refractivity contribution in [2.75, 3.05) is 0 Å². The van der Waals surface area contributed by atoms with E-state index < -0.39 is 24.1 Å². The minimum absolute atomic E-state index is 1.81. The van der Waals surface area contributed by atoms with Crippen molar-refractivity contribution >= 4 is 11.9 Å². The maximum atomic E-state index is 9.74. The van der Waals surface area contributed by atoms with Gasteiger partial charge in [0.15, 0.2) is 6.10 Å². The quantitative estimate of drug-likeness (QED) is 0.384. The molecule has 3 N–H and O–H groups in total. The first-order valence-electron chi connectivity index (χ1n) is 2.26. The zero-order valence-corrected chi connectivity index (χ0v) is 4.72. The van der Waals surface area contributed by atoms with Gasteiger partial charge in [0.2, 0.25) is 0 Å². The predicted octanol–water partition coefficient (Wildman–Crippen LogP) is -3.46. The van der Waals surface area contributed by atoms with Crippen molar-refractivity contribution in [1.29, 1.82) is 0 Å². The standard InChI is InChI=1S/C4H6O6/c5-1(3(7)8)2(6)4(9)10/h1-2,5-6H,(H,7,8)(H,9,10)/p-1/t1-,2-/m1/s1. The minimum atomic E-state index is -2.38. The SMILES string of the molecule is O=C([O-])[C@H](O)[C@@H](O)C(=O)O. The van der Waals surface area contributed by atoms with E-state index in [1.165, 1.54) is 0 Å².